The lowest BCUT2D eigenvalue weighted by molar-refractivity contribution is 0.177. The Morgan fingerprint density at radius 2 is 2.45 bits per heavy atom. The van der Waals surface area contributed by atoms with E-state index in [9.17, 15) is 4.79 Å². The number of carboxylic acid groups (broad SMARTS) is 1. The van der Waals surface area contributed by atoms with Crippen LogP contribution >= 0.6 is 0 Å². The van der Waals surface area contributed by atoms with Gasteiger partial charge in [0, 0.05) is 6.04 Å². The van der Waals surface area contributed by atoms with Crippen LogP contribution in [0.5, 0.6) is 0 Å². The van der Waals surface area contributed by atoms with E-state index >= 15 is 0 Å². The Bertz CT molecular complexity index is 172. The maximum absolute atomic E-state index is 10.3. The molecule has 4 nitrogen and oxygen atoms in total. The van der Waals surface area contributed by atoms with Crippen molar-refractivity contribution in [3.63, 3.8) is 0 Å². The number of hydrogen-bond donors (Lipinski definition) is 3. The summed E-state index contributed by atoms with van der Waals surface area (Å²) in [4.78, 5) is 10.3. The fourth-order valence-corrected chi connectivity index (χ4v) is 1.59. The molecule has 0 radical (unpaired) electrons. The highest BCUT2D eigenvalue weighted by Crippen LogP contribution is 2.27. The normalized spacial score (nSPS) is 37.1. The van der Waals surface area contributed by atoms with Gasteiger partial charge in [-0.3, -0.25) is 0 Å². The first-order valence-electron chi connectivity index (χ1n) is 3.81. The van der Waals surface area contributed by atoms with Crippen molar-refractivity contribution >= 4 is 6.09 Å². The van der Waals surface area contributed by atoms with E-state index in [2.05, 4.69) is 5.32 Å². The van der Waals surface area contributed by atoms with E-state index in [1.807, 2.05) is 6.92 Å². The van der Waals surface area contributed by atoms with Crippen LogP contribution in [0.15, 0.2) is 0 Å². The van der Waals surface area contributed by atoms with Crippen LogP contribution in [-0.4, -0.2) is 22.8 Å². The average molecular weight is 158 g/mol. The lowest BCUT2D eigenvalue weighted by atomic mass is 9.97. The average Bonchev–Trinajstić information content (AvgIpc) is 2.11. The van der Waals surface area contributed by atoms with Crippen LogP contribution < -0.4 is 11.1 Å². The van der Waals surface area contributed by atoms with Crippen LogP contribution in [0, 0.1) is 0 Å². The Kier molecular flexibility index (Phi) is 2.04. The summed E-state index contributed by atoms with van der Waals surface area (Å²) < 4.78 is 0. The third-order valence-corrected chi connectivity index (χ3v) is 2.42. The molecule has 1 fully saturated rings. The van der Waals surface area contributed by atoms with Crippen molar-refractivity contribution < 1.29 is 9.90 Å². The molecular weight excluding hydrogens is 144 g/mol. The maximum atomic E-state index is 10.3. The Hall–Kier alpha value is -0.770. The number of rotatable bonds is 1. The van der Waals surface area contributed by atoms with E-state index in [0.717, 1.165) is 19.3 Å². The van der Waals surface area contributed by atoms with Gasteiger partial charge in [-0.1, -0.05) is 0 Å². The Labute approximate surface area is 65.8 Å². The predicted molar refractivity (Wildman–Crippen MR) is 41.4 cm³/mol. The van der Waals surface area contributed by atoms with Gasteiger partial charge in [-0.2, -0.15) is 0 Å². The van der Waals surface area contributed by atoms with E-state index in [1.54, 1.807) is 0 Å². The molecule has 4 heteroatoms. The zero-order valence-electron chi connectivity index (χ0n) is 6.63. The minimum atomic E-state index is -0.982. The SMILES string of the molecule is CC1(NC(=O)O)CCCC1N. The second-order valence-electron chi connectivity index (χ2n) is 3.35. The van der Waals surface area contributed by atoms with Gasteiger partial charge in [-0.05, 0) is 26.2 Å². The van der Waals surface area contributed by atoms with E-state index in [-0.39, 0.29) is 6.04 Å². The van der Waals surface area contributed by atoms with E-state index in [4.69, 9.17) is 10.8 Å². The van der Waals surface area contributed by atoms with Gasteiger partial charge in [0.15, 0.2) is 0 Å². The topological polar surface area (TPSA) is 75.3 Å². The smallest absolute Gasteiger partial charge is 0.405 e. The third kappa shape index (κ3) is 1.63. The zero-order valence-corrected chi connectivity index (χ0v) is 6.63. The van der Waals surface area contributed by atoms with Crippen molar-refractivity contribution in [3.05, 3.63) is 0 Å². The van der Waals surface area contributed by atoms with Crippen LogP contribution in [-0.2, 0) is 0 Å². The summed E-state index contributed by atoms with van der Waals surface area (Å²) >= 11 is 0. The molecule has 11 heavy (non-hydrogen) atoms. The van der Waals surface area contributed by atoms with Gasteiger partial charge in [-0.25, -0.2) is 4.79 Å². The van der Waals surface area contributed by atoms with E-state index in [0.29, 0.717) is 0 Å². The van der Waals surface area contributed by atoms with Gasteiger partial charge in [0.25, 0.3) is 0 Å². The Morgan fingerprint density at radius 3 is 2.82 bits per heavy atom. The molecule has 0 spiro atoms. The van der Waals surface area contributed by atoms with Crippen molar-refractivity contribution in [3.8, 4) is 0 Å². The quantitative estimate of drug-likeness (QED) is 0.521. The van der Waals surface area contributed by atoms with Gasteiger partial charge in [0.2, 0.25) is 0 Å². The molecule has 1 saturated carbocycles. The van der Waals surface area contributed by atoms with Crippen LogP contribution in [0.1, 0.15) is 26.2 Å². The molecule has 1 aliphatic carbocycles. The fourth-order valence-electron chi connectivity index (χ4n) is 1.59. The predicted octanol–water partition coefficient (Wildman–Crippen LogP) is 0.524. The number of amides is 1. The molecule has 2 atom stereocenters. The van der Waals surface area contributed by atoms with E-state index in [1.165, 1.54) is 0 Å². The lowest BCUT2D eigenvalue weighted by Crippen LogP contribution is -2.54. The largest absolute Gasteiger partial charge is 0.465 e. The van der Waals surface area contributed by atoms with Crippen LogP contribution in [0.3, 0.4) is 0 Å². The van der Waals surface area contributed by atoms with Crippen LogP contribution in [0.2, 0.25) is 0 Å². The number of carbonyl (C=O) groups is 1. The first kappa shape index (κ1) is 8.33. The maximum Gasteiger partial charge on any atom is 0.405 e. The van der Waals surface area contributed by atoms with Crippen LogP contribution in [0.25, 0.3) is 0 Å². The minimum absolute atomic E-state index is 0.0291. The molecule has 0 aromatic carbocycles. The number of hydrogen-bond acceptors (Lipinski definition) is 2. The monoisotopic (exact) mass is 158 g/mol. The summed E-state index contributed by atoms with van der Waals surface area (Å²) in [7, 11) is 0. The highest BCUT2D eigenvalue weighted by Gasteiger charge is 2.37. The van der Waals surface area contributed by atoms with Gasteiger partial charge in [0.1, 0.15) is 0 Å². The lowest BCUT2D eigenvalue weighted by Gasteiger charge is -2.28. The molecule has 0 heterocycles. The molecule has 1 aliphatic rings. The molecule has 0 aliphatic heterocycles. The van der Waals surface area contributed by atoms with Crippen LogP contribution in [0.4, 0.5) is 4.79 Å². The first-order chi connectivity index (χ1) is 5.04. The van der Waals surface area contributed by atoms with Gasteiger partial charge < -0.3 is 16.2 Å². The molecular formula is C7H14N2O2. The summed E-state index contributed by atoms with van der Waals surface area (Å²) in [5.74, 6) is 0. The molecule has 4 N–H and O–H groups in total. The second kappa shape index (κ2) is 2.70. The van der Waals surface area contributed by atoms with Crippen molar-refractivity contribution in [2.45, 2.75) is 37.8 Å². The highest BCUT2D eigenvalue weighted by atomic mass is 16.4. The molecule has 0 saturated heterocycles. The molecule has 0 aromatic rings. The molecule has 1 amide bonds. The summed E-state index contributed by atoms with van der Waals surface area (Å²) in [6.45, 7) is 1.86. The Morgan fingerprint density at radius 1 is 1.82 bits per heavy atom. The van der Waals surface area contributed by atoms with Crippen molar-refractivity contribution in [1.82, 2.24) is 5.32 Å². The van der Waals surface area contributed by atoms with Crippen molar-refractivity contribution in [2.24, 2.45) is 5.73 Å². The van der Waals surface area contributed by atoms with Crippen molar-refractivity contribution in [2.75, 3.05) is 0 Å². The highest BCUT2D eigenvalue weighted by molar-refractivity contribution is 5.65. The number of nitrogens with two attached hydrogens (primary N) is 1. The molecule has 64 valence electrons. The Balaban J connectivity index is 2.58. The summed E-state index contributed by atoms with van der Waals surface area (Å²) in [5, 5.41) is 10.9. The summed E-state index contributed by atoms with van der Waals surface area (Å²) in [6, 6.07) is -0.0291. The third-order valence-electron chi connectivity index (χ3n) is 2.42. The zero-order chi connectivity index (χ0) is 8.48. The summed E-state index contributed by atoms with van der Waals surface area (Å²) in [5.41, 5.74) is 5.34. The number of nitrogens with one attached hydrogen (secondary N) is 1. The van der Waals surface area contributed by atoms with Gasteiger partial charge >= 0.3 is 6.09 Å². The summed E-state index contributed by atoms with van der Waals surface area (Å²) in [6.07, 6.45) is 1.79. The molecule has 1 rings (SSSR count). The first-order valence-corrected chi connectivity index (χ1v) is 3.81. The molecule has 2 unspecified atom stereocenters. The fraction of sp³-hybridized carbons (Fsp3) is 0.857. The van der Waals surface area contributed by atoms with Crippen molar-refractivity contribution in [1.29, 1.82) is 0 Å². The molecule has 0 bridgehead atoms. The van der Waals surface area contributed by atoms with E-state index < -0.39 is 11.6 Å². The molecule has 0 aromatic heterocycles. The van der Waals surface area contributed by atoms with Gasteiger partial charge in [-0.15, -0.1) is 0 Å². The second-order valence-corrected chi connectivity index (χ2v) is 3.35. The standard InChI is InChI=1S/C7H14N2O2/c1-7(9-6(10)11)4-2-3-5(7)8/h5,9H,2-4,8H2,1H3,(H,10,11). The van der Waals surface area contributed by atoms with Gasteiger partial charge in [0.05, 0.1) is 5.54 Å². The minimum Gasteiger partial charge on any atom is -0.465 e.